The number of aliphatic hydroxyl groups excluding tert-OH is 1. The van der Waals surface area contributed by atoms with E-state index in [2.05, 4.69) is 9.71 Å². The maximum Gasteiger partial charge on any atom is 0.240 e. The minimum Gasteiger partial charge on any atom is -0.395 e. The summed E-state index contributed by atoms with van der Waals surface area (Å²) < 4.78 is 26.6. The molecule has 0 spiro atoms. The van der Waals surface area contributed by atoms with Crippen molar-refractivity contribution in [3.8, 4) is 0 Å². The molecule has 0 aliphatic carbocycles. The van der Waals surface area contributed by atoms with Gasteiger partial charge >= 0.3 is 0 Å². The van der Waals surface area contributed by atoms with Crippen LogP contribution in [0, 0.1) is 0 Å². The normalized spacial score (nSPS) is 12.1. The number of nitrogens with one attached hydrogen (secondary N) is 1. The molecule has 0 saturated heterocycles. The number of sulfonamides is 1. The first-order chi connectivity index (χ1) is 7.63. The van der Waals surface area contributed by atoms with E-state index in [-0.39, 0.29) is 18.0 Å². The lowest BCUT2D eigenvalue weighted by molar-refractivity contribution is 0.301. The standard InChI is InChI=1S/C9H10N2O3S2/c12-4-3-11-16(13,14)7-1-2-8-9(5-7)15-6-10-8/h1-2,5-6,11-12H,3-4H2. The van der Waals surface area contributed by atoms with E-state index in [1.165, 1.54) is 17.4 Å². The molecule has 1 aromatic carbocycles. The number of rotatable bonds is 4. The van der Waals surface area contributed by atoms with Crippen LogP contribution >= 0.6 is 11.3 Å². The predicted molar refractivity (Wildman–Crippen MR) is 61.9 cm³/mol. The van der Waals surface area contributed by atoms with Gasteiger partial charge in [-0.3, -0.25) is 0 Å². The molecule has 0 atom stereocenters. The van der Waals surface area contributed by atoms with Crippen LogP contribution in [-0.2, 0) is 10.0 Å². The second kappa shape index (κ2) is 4.46. The molecule has 2 N–H and O–H groups in total. The van der Waals surface area contributed by atoms with Crippen molar-refractivity contribution < 1.29 is 13.5 Å². The molecule has 86 valence electrons. The zero-order valence-electron chi connectivity index (χ0n) is 8.25. The van der Waals surface area contributed by atoms with E-state index in [0.717, 1.165) is 10.2 Å². The highest BCUT2D eigenvalue weighted by molar-refractivity contribution is 7.89. The number of hydrogen-bond donors (Lipinski definition) is 2. The van der Waals surface area contributed by atoms with Crippen LogP contribution in [0.4, 0.5) is 0 Å². The van der Waals surface area contributed by atoms with Gasteiger partial charge in [0.1, 0.15) is 0 Å². The topological polar surface area (TPSA) is 79.3 Å². The minimum absolute atomic E-state index is 0.0169. The highest BCUT2D eigenvalue weighted by atomic mass is 32.2. The first-order valence-electron chi connectivity index (χ1n) is 4.57. The molecule has 0 aliphatic rings. The molecule has 0 unspecified atom stereocenters. The number of thiazole rings is 1. The average Bonchev–Trinajstić information content (AvgIpc) is 2.73. The summed E-state index contributed by atoms with van der Waals surface area (Å²) in [6.45, 7) is -0.203. The number of aromatic nitrogens is 1. The summed E-state index contributed by atoms with van der Waals surface area (Å²) in [5.41, 5.74) is 2.45. The van der Waals surface area contributed by atoms with Gasteiger partial charge in [-0.05, 0) is 18.2 Å². The van der Waals surface area contributed by atoms with E-state index in [1.807, 2.05) is 0 Å². The Hall–Kier alpha value is -1.02. The highest BCUT2D eigenvalue weighted by Crippen LogP contribution is 2.21. The van der Waals surface area contributed by atoms with Crippen molar-refractivity contribution in [3.05, 3.63) is 23.7 Å². The van der Waals surface area contributed by atoms with Gasteiger partial charge in [-0.15, -0.1) is 11.3 Å². The average molecular weight is 258 g/mol. The summed E-state index contributed by atoms with van der Waals surface area (Å²) in [7, 11) is -3.52. The first kappa shape index (κ1) is 11.5. The van der Waals surface area contributed by atoms with E-state index >= 15 is 0 Å². The Kier molecular flexibility index (Phi) is 3.20. The summed E-state index contributed by atoms with van der Waals surface area (Å²) in [6, 6.07) is 4.74. The predicted octanol–water partition coefficient (Wildman–Crippen LogP) is 0.567. The van der Waals surface area contributed by atoms with Gasteiger partial charge in [-0.1, -0.05) is 0 Å². The van der Waals surface area contributed by atoms with Gasteiger partial charge in [0.2, 0.25) is 10.0 Å². The molecule has 0 saturated carbocycles. The Morgan fingerprint density at radius 3 is 3.00 bits per heavy atom. The van der Waals surface area contributed by atoms with Crippen LogP contribution in [0.1, 0.15) is 0 Å². The zero-order chi connectivity index (χ0) is 11.6. The van der Waals surface area contributed by atoms with Crippen molar-refractivity contribution in [2.75, 3.05) is 13.2 Å². The quantitative estimate of drug-likeness (QED) is 0.840. The van der Waals surface area contributed by atoms with Crippen LogP contribution in [0.2, 0.25) is 0 Å². The van der Waals surface area contributed by atoms with Crippen LogP contribution in [0.5, 0.6) is 0 Å². The van der Waals surface area contributed by atoms with Gasteiger partial charge in [0.05, 0.1) is 27.2 Å². The molecule has 2 aromatic rings. The lowest BCUT2D eigenvalue weighted by atomic mass is 10.3. The van der Waals surface area contributed by atoms with Gasteiger partial charge in [0.15, 0.2) is 0 Å². The zero-order valence-corrected chi connectivity index (χ0v) is 9.88. The Labute approximate surface area is 96.8 Å². The molecule has 0 radical (unpaired) electrons. The van der Waals surface area contributed by atoms with Crippen molar-refractivity contribution in [2.24, 2.45) is 0 Å². The number of benzene rings is 1. The van der Waals surface area contributed by atoms with Gasteiger partial charge in [-0.2, -0.15) is 0 Å². The summed E-state index contributed by atoms with van der Waals surface area (Å²) >= 11 is 1.39. The third-order valence-electron chi connectivity index (χ3n) is 2.02. The molecule has 0 amide bonds. The summed E-state index contributed by atoms with van der Waals surface area (Å²) in [5, 5.41) is 8.58. The highest BCUT2D eigenvalue weighted by Gasteiger charge is 2.13. The fraction of sp³-hybridized carbons (Fsp3) is 0.222. The van der Waals surface area contributed by atoms with E-state index in [4.69, 9.17) is 5.11 Å². The minimum atomic E-state index is -3.52. The van der Waals surface area contributed by atoms with Crippen molar-refractivity contribution >= 4 is 31.6 Å². The van der Waals surface area contributed by atoms with Crippen LogP contribution in [0.25, 0.3) is 10.2 Å². The van der Waals surface area contributed by atoms with E-state index in [1.54, 1.807) is 17.6 Å². The summed E-state index contributed by atoms with van der Waals surface area (Å²) in [6.07, 6.45) is 0. The molecular weight excluding hydrogens is 248 g/mol. The van der Waals surface area contributed by atoms with Crippen LogP contribution in [0.15, 0.2) is 28.6 Å². The maximum atomic E-state index is 11.7. The molecular formula is C9H10N2O3S2. The van der Waals surface area contributed by atoms with Crippen molar-refractivity contribution in [2.45, 2.75) is 4.90 Å². The smallest absolute Gasteiger partial charge is 0.240 e. The van der Waals surface area contributed by atoms with Crippen LogP contribution < -0.4 is 4.72 Å². The van der Waals surface area contributed by atoms with Gasteiger partial charge in [0, 0.05) is 6.54 Å². The number of nitrogens with zero attached hydrogens (tertiary/aromatic N) is 1. The van der Waals surface area contributed by atoms with E-state index in [0.29, 0.717) is 0 Å². The first-order valence-corrected chi connectivity index (χ1v) is 6.93. The maximum absolute atomic E-state index is 11.7. The molecule has 0 fully saturated rings. The fourth-order valence-corrected chi connectivity index (χ4v) is 3.10. The lowest BCUT2D eigenvalue weighted by Gasteiger charge is -2.04. The second-order valence-corrected chi connectivity index (χ2v) is 5.76. The molecule has 0 aliphatic heterocycles. The second-order valence-electron chi connectivity index (χ2n) is 3.10. The Morgan fingerprint density at radius 2 is 2.25 bits per heavy atom. The van der Waals surface area contributed by atoms with E-state index < -0.39 is 10.0 Å². The van der Waals surface area contributed by atoms with Crippen molar-refractivity contribution in [1.29, 1.82) is 0 Å². The molecule has 0 bridgehead atoms. The van der Waals surface area contributed by atoms with Crippen molar-refractivity contribution in [3.63, 3.8) is 0 Å². The number of fused-ring (bicyclic) bond motifs is 1. The molecule has 1 heterocycles. The Balaban J connectivity index is 2.39. The molecule has 5 nitrogen and oxygen atoms in total. The Morgan fingerprint density at radius 1 is 1.44 bits per heavy atom. The third-order valence-corrected chi connectivity index (χ3v) is 4.27. The van der Waals surface area contributed by atoms with Crippen LogP contribution in [-0.4, -0.2) is 31.7 Å². The third kappa shape index (κ3) is 2.22. The summed E-state index contributed by atoms with van der Waals surface area (Å²) in [4.78, 5) is 4.26. The lowest BCUT2D eigenvalue weighted by Crippen LogP contribution is -2.26. The monoisotopic (exact) mass is 258 g/mol. The number of aliphatic hydroxyl groups is 1. The van der Waals surface area contributed by atoms with Crippen molar-refractivity contribution in [1.82, 2.24) is 9.71 Å². The Bertz CT molecular complexity index is 592. The van der Waals surface area contributed by atoms with Crippen LogP contribution in [0.3, 0.4) is 0 Å². The van der Waals surface area contributed by atoms with E-state index in [9.17, 15) is 8.42 Å². The molecule has 7 heteroatoms. The number of hydrogen-bond acceptors (Lipinski definition) is 5. The SMILES string of the molecule is O=S(=O)(NCCO)c1ccc2ncsc2c1. The molecule has 2 rings (SSSR count). The van der Waals surface area contributed by atoms with Gasteiger partial charge in [-0.25, -0.2) is 18.1 Å². The van der Waals surface area contributed by atoms with Gasteiger partial charge in [0.25, 0.3) is 0 Å². The summed E-state index contributed by atoms with van der Waals surface area (Å²) in [5.74, 6) is 0. The fourth-order valence-electron chi connectivity index (χ4n) is 1.27. The largest absolute Gasteiger partial charge is 0.395 e. The molecule has 16 heavy (non-hydrogen) atoms. The molecule has 1 aromatic heterocycles. The van der Waals surface area contributed by atoms with Gasteiger partial charge < -0.3 is 5.11 Å².